The summed E-state index contributed by atoms with van der Waals surface area (Å²) in [5, 5.41) is 6.78. The van der Waals surface area contributed by atoms with Crippen molar-refractivity contribution in [3.8, 4) is 11.5 Å². The largest absolute Gasteiger partial charge is 0.444 e. The maximum atomic E-state index is 5.64. The van der Waals surface area contributed by atoms with Gasteiger partial charge in [-0.3, -0.25) is 9.89 Å². The van der Waals surface area contributed by atoms with E-state index >= 15 is 0 Å². The summed E-state index contributed by atoms with van der Waals surface area (Å²) < 4.78 is 5.64. The van der Waals surface area contributed by atoms with Gasteiger partial charge in [0.15, 0.2) is 5.96 Å². The molecular formula is C25H31N5O. The highest BCUT2D eigenvalue weighted by Gasteiger charge is 2.20. The molecule has 1 atom stereocenters. The van der Waals surface area contributed by atoms with Crippen LogP contribution in [0.2, 0.25) is 0 Å². The van der Waals surface area contributed by atoms with Crippen LogP contribution in [0.25, 0.3) is 11.5 Å². The van der Waals surface area contributed by atoms with E-state index in [0.29, 0.717) is 18.5 Å². The van der Waals surface area contributed by atoms with E-state index in [0.717, 1.165) is 43.3 Å². The molecule has 0 amide bonds. The highest BCUT2D eigenvalue weighted by molar-refractivity contribution is 5.79. The van der Waals surface area contributed by atoms with Crippen LogP contribution in [0.1, 0.15) is 29.3 Å². The lowest BCUT2D eigenvalue weighted by atomic mass is 9.99. The Kier molecular flexibility index (Phi) is 6.67. The van der Waals surface area contributed by atoms with Crippen molar-refractivity contribution in [1.29, 1.82) is 0 Å². The first-order valence-electron chi connectivity index (χ1n) is 10.9. The molecule has 0 fully saturated rings. The Morgan fingerprint density at radius 2 is 1.90 bits per heavy atom. The molecule has 0 bridgehead atoms. The third-order valence-corrected chi connectivity index (χ3v) is 5.86. The molecule has 2 aromatic carbocycles. The van der Waals surface area contributed by atoms with Crippen LogP contribution in [0.15, 0.2) is 64.2 Å². The van der Waals surface area contributed by atoms with Gasteiger partial charge in [-0.1, -0.05) is 42.0 Å². The summed E-state index contributed by atoms with van der Waals surface area (Å²) in [6.07, 6.45) is 2.81. The van der Waals surface area contributed by atoms with Gasteiger partial charge in [-0.2, -0.15) is 0 Å². The van der Waals surface area contributed by atoms with Crippen molar-refractivity contribution in [2.75, 3.05) is 20.1 Å². The minimum absolute atomic E-state index is 0.409. The Morgan fingerprint density at radius 1 is 1.13 bits per heavy atom. The molecule has 1 unspecified atom stereocenters. The second kappa shape index (κ2) is 9.79. The Balaban J connectivity index is 1.26. The second-order valence-corrected chi connectivity index (χ2v) is 8.15. The zero-order valence-corrected chi connectivity index (χ0v) is 18.6. The van der Waals surface area contributed by atoms with Gasteiger partial charge in [0.25, 0.3) is 0 Å². The summed E-state index contributed by atoms with van der Waals surface area (Å²) >= 11 is 0. The molecule has 0 aliphatic carbocycles. The number of aliphatic imine (C=N–C) groups is 1. The number of nitrogens with zero attached hydrogens (tertiary/aromatic N) is 3. The molecule has 4 rings (SSSR count). The second-order valence-electron chi connectivity index (χ2n) is 8.15. The highest BCUT2D eigenvalue weighted by Crippen LogP contribution is 2.20. The fourth-order valence-electron chi connectivity index (χ4n) is 3.88. The van der Waals surface area contributed by atoms with Crippen LogP contribution in [-0.4, -0.2) is 42.0 Å². The van der Waals surface area contributed by atoms with E-state index in [9.17, 15) is 0 Å². The Morgan fingerprint density at radius 3 is 2.68 bits per heavy atom. The van der Waals surface area contributed by atoms with Gasteiger partial charge in [0.1, 0.15) is 6.26 Å². The molecule has 1 aliphatic rings. The van der Waals surface area contributed by atoms with E-state index < -0.39 is 0 Å². The normalized spacial score (nSPS) is 15.4. The molecule has 1 aliphatic heterocycles. The molecule has 2 heterocycles. The summed E-state index contributed by atoms with van der Waals surface area (Å²) in [5.74, 6) is 1.41. The first-order chi connectivity index (χ1) is 15.1. The Labute approximate surface area is 184 Å². The van der Waals surface area contributed by atoms with Gasteiger partial charge in [0, 0.05) is 38.3 Å². The molecule has 6 nitrogen and oxygen atoms in total. The molecule has 0 radical (unpaired) electrons. The molecule has 3 aromatic rings. The smallest absolute Gasteiger partial charge is 0.226 e. The number of fused-ring (bicyclic) bond motifs is 1. The van der Waals surface area contributed by atoms with Gasteiger partial charge in [0.2, 0.25) is 5.89 Å². The van der Waals surface area contributed by atoms with Crippen molar-refractivity contribution < 1.29 is 4.42 Å². The predicted molar refractivity (Wildman–Crippen MR) is 125 cm³/mol. The van der Waals surface area contributed by atoms with E-state index in [1.165, 1.54) is 16.7 Å². The zero-order chi connectivity index (χ0) is 21.6. The molecule has 6 heteroatoms. The summed E-state index contributed by atoms with van der Waals surface area (Å²) in [6, 6.07) is 17.3. The Hall–Kier alpha value is -3.12. The maximum Gasteiger partial charge on any atom is 0.226 e. The number of guanidine groups is 1. The topological polar surface area (TPSA) is 65.7 Å². The average Bonchev–Trinajstić information content (AvgIpc) is 3.28. The fraction of sp³-hybridized carbons (Fsp3) is 0.360. The maximum absolute atomic E-state index is 5.64. The van der Waals surface area contributed by atoms with Crippen LogP contribution < -0.4 is 10.6 Å². The summed E-state index contributed by atoms with van der Waals surface area (Å²) in [4.78, 5) is 11.5. The van der Waals surface area contributed by atoms with Gasteiger partial charge in [-0.05, 0) is 43.5 Å². The van der Waals surface area contributed by atoms with Gasteiger partial charge >= 0.3 is 0 Å². The lowest BCUT2D eigenvalue weighted by Crippen LogP contribution is -2.47. The zero-order valence-electron chi connectivity index (χ0n) is 18.6. The number of aromatic nitrogens is 1. The number of hydrogen-bond acceptors (Lipinski definition) is 4. The van der Waals surface area contributed by atoms with E-state index in [2.05, 4.69) is 75.8 Å². The van der Waals surface area contributed by atoms with Crippen LogP contribution >= 0.6 is 0 Å². The van der Waals surface area contributed by atoms with Gasteiger partial charge in [-0.25, -0.2) is 4.98 Å². The molecule has 31 heavy (non-hydrogen) atoms. The lowest BCUT2D eigenvalue weighted by Gasteiger charge is -2.34. The van der Waals surface area contributed by atoms with Crippen molar-refractivity contribution >= 4 is 5.96 Å². The molecule has 0 saturated heterocycles. The van der Waals surface area contributed by atoms with E-state index in [-0.39, 0.29) is 0 Å². The van der Waals surface area contributed by atoms with Crippen molar-refractivity contribution in [3.63, 3.8) is 0 Å². The SMILES string of the molecule is CN=C(NCc1coc(-c2ccc(C)cc2)n1)NCC(C)N1CCc2ccccc2C1. The quantitative estimate of drug-likeness (QED) is 0.472. The Bertz CT molecular complexity index is 1020. The number of benzene rings is 2. The minimum atomic E-state index is 0.409. The summed E-state index contributed by atoms with van der Waals surface area (Å²) in [5.41, 5.74) is 5.97. The summed E-state index contributed by atoms with van der Waals surface area (Å²) in [7, 11) is 1.79. The van der Waals surface area contributed by atoms with Crippen molar-refractivity contribution in [1.82, 2.24) is 20.5 Å². The molecule has 2 N–H and O–H groups in total. The summed E-state index contributed by atoms with van der Waals surface area (Å²) in [6.45, 7) is 7.81. The number of rotatable bonds is 6. The first-order valence-corrected chi connectivity index (χ1v) is 10.9. The molecule has 0 saturated carbocycles. The van der Waals surface area contributed by atoms with E-state index in [1.807, 2.05) is 12.1 Å². The first kappa shape index (κ1) is 21.1. The molecule has 0 spiro atoms. The monoisotopic (exact) mass is 417 g/mol. The number of aryl methyl sites for hydroxylation is 1. The predicted octanol–water partition coefficient (Wildman–Crippen LogP) is 3.76. The number of oxazole rings is 1. The van der Waals surface area contributed by atoms with Crippen molar-refractivity contribution in [2.45, 2.75) is 39.4 Å². The van der Waals surface area contributed by atoms with E-state index in [1.54, 1.807) is 13.3 Å². The third kappa shape index (κ3) is 5.33. The van der Waals surface area contributed by atoms with Crippen molar-refractivity contribution in [3.05, 3.63) is 77.2 Å². The molecular weight excluding hydrogens is 386 g/mol. The number of nitrogens with one attached hydrogen (secondary N) is 2. The average molecular weight is 418 g/mol. The third-order valence-electron chi connectivity index (χ3n) is 5.86. The van der Waals surface area contributed by atoms with Gasteiger partial charge < -0.3 is 15.1 Å². The molecule has 162 valence electrons. The highest BCUT2D eigenvalue weighted by atomic mass is 16.3. The van der Waals surface area contributed by atoms with Crippen LogP contribution in [-0.2, 0) is 19.5 Å². The molecule has 1 aromatic heterocycles. The van der Waals surface area contributed by atoms with Crippen LogP contribution in [0, 0.1) is 6.92 Å². The van der Waals surface area contributed by atoms with Crippen molar-refractivity contribution in [2.24, 2.45) is 4.99 Å². The van der Waals surface area contributed by atoms with E-state index in [4.69, 9.17) is 4.42 Å². The van der Waals surface area contributed by atoms with Gasteiger partial charge in [-0.15, -0.1) is 0 Å². The minimum Gasteiger partial charge on any atom is -0.444 e. The lowest BCUT2D eigenvalue weighted by molar-refractivity contribution is 0.191. The van der Waals surface area contributed by atoms with Crippen LogP contribution in [0.4, 0.5) is 0 Å². The van der Waals surface area contributed by atoms with Crippen LogP contribution in [0.3, 0.4) is 0 Å². The fourth-order valence-corrected chi connectivity index (χ4v) is 3.88. The standard InChI is InChI=1S/C25H31N5O/c1-18-8-10-21(11-9-18)24-29-23(17-31-24)15-28-25(26-3)27-14-19(2)30-13-12-20-6-4-5-7-22(20)16-30/h4-11,17,19H,12-16H2,1-3H3,(H2,26,27,28). The van der Waals surface area contributed by atoms with Crippen LogP contribution in [0.5, 0.6) is 0 Å². The van der Waals surface area contributed by atoms with Gasteiger partial charge in [0.05, 0.1) is 12.2 Å². The number of hydrogen-bond donors (Lipinski definition) is 2.